The Labute approximate surface area is 112 Å². The van der Waals surface area contributed by atoms with Crippen molar-refractivity contribution in [3.05, 3.63) is 34.2 Å². The molecular formula is C12H11BrF2N2O. The third kappa shape index (κ3) is 2.01. The second-order valence-electron chi connectivity index (χ2n) is 3.82. The number of aryl methyl sites for hydroxylation is 1. The number of methoxy groups -OCH3 is 1. The monoisotopic (exact) mass is 316 g/mol. The van der Waals surface area contributed by atoms with Crippen LogP contribution in [0.25, 0.3) is 11.3 Å². The molecule has 2 aromatic rings. The largest absolute Gasteiger partial charge is 0.494 e. The van der Waals surface area contributed by atoms with Gasteiger partial charge in [-0.15, -0.1) is 0 Å². The van der Waals surface area contributed by atoms with Crippen molar-refractivity contribution in [2.45, 2.75) is 6.92 Å². The van der Waals surface area contributed by atoms with Gasteiger partial charge in [-0.2, -0.15) is 0 Å². The van der Waals surface area contributed by atoms with E-state index in [9.17, 15) is 8.78 Å². The summed E-state index contributed by atoms with van der Waals surface area (Å²) < 4.78 is 34.5. The lowest BCUT2D eigenvalue weighted by molar-refractivity contribution is 0.383. The Balaban J connectivity index is 2.68. The summed E-state index contributed by atoms with van der Waals surface area (Å²) in [4.78, 5) is 4.16. The van der Waals surface area contributed by atoms with Crippen LogP contribution in [0.2, 0.25) is 0 Å². The molecule has 18 heavy (non-hydrogen) atoms. The van der Waals surface area contributed by atoms with Crippen LogP contribution in [-0.2, 0) is 7.05 Å². The Morgan fingerprint density at radius 2 is 1.94 bits per heavy atom. The number of hydrogen-bond donors (Lipinski definition) is 0. The molecule has 0 aliphatic carbocycles. The minimum Gasteiger partial charge on any atom is -0.494 e. The molecule has 1 aromatic heterocycles. The lowest BCUT2D eigenvalue weighted by atomic mass is 10.1. The summed E-state index contributed by atoms with van der Waals surface area (Å²) in [7, 11) is 3.03. The summed E-state index contributed by atoms with van der Waals surface area (Å²) in [5, 5.41) is 0. The van der Waals surface area contributed by atoms with E-state index in [0.29, 0.717) is 16.1 Å². The summed E-state index contributed by atoms with van der Waals surface area (Å²) in [6.45, 7) is 1.78. The van der Waals surface area contributed by atoms with E-state index in [2.05, 4.69) is 20.9 Å². The van der Waals surface area contributed by atoms with Crippen LogP contribution in [-0.4, -0.2) is 16.7 Å². The van der Waals surface area contributed by atoms with Crippen molar-refractivity contribution in [2.24, 2.45) is 7.05 Å². The molecule has 0 saturated carbocycles. The van der Waals surface area contributed by atoms with Crippen molar-refractivity contribution in [1.82, 2.24) is 9.55 Å². The highest BCUT2D eigenvalue weighted by Crippen LogP contribution is 2.33. The van der Waals surface area contributed by atoms with Crippen LogP contribution < -0.4 is 4.74 Å². The van der Waals surface area contributed by atoms with Crippen LogP contribution in [0.5, 0.6) is 5.75 Å². The lowest BCUT2D eigenvalue weighted by Gasteiger charge is -2.09. The lowest BCUT2D eigenvalue weighted by Crippen LogP contribution is -1.98. The van der Waals surface area contributed by atoms with Gasteiger partial charge >= 0.3 is 0 Å². The molecule has 3 nitrogen and oxygen atoms in total. The number of nitrogens with zero attached hydrogens (tertiary/aromatic N) is 2. The molecular weight excluding hydrogens is 306 g/mol. The highest BCUT2D eigenvalue weighted by atomic mass is 79.9. The van der Waals surface area contributed by atoms with Gasteiger partial charge in [0.25, 0.3) is 0 Å². The Hall–Kier alpha value is -1.43. The quantitative estimate of drug-likeness (QED) is 0.848. The first kappa shape index (κ1) is 13.0. The number of hydrogen-bond acceptors (Lipinski definition) is 2. The average Bonchev–Trinajstić information content (AvgIpc) is 2.56. The van der Waals surface area contributed by atoms with Gasteiger partial charge in [-0.25, -0.2) is 13.8 Å². The van der Waals surface area contributed by atoms with Gasteiger partial charge in [0.15, 0.2) is 11.6 Å². The predicted octanol–water partition coefficient (Wildman–Crippen LogP) is 3.44. The van der Waals surface area contributed by atoms with Crippen molar-refractivity contribution < 1.29 is 13.5 Å². The van der Waals surface area contributed by atoms with Crippen LogP contribution in [0.4, 0.5) is 8.78 Å². The summed E-state index contributed by atoms with van der Waals surface area (Å²) in [6, 6.07) is 2.13. The molecule has 0 saturated heterocycles. The molecule has 1 heterocycles. The van der Waals surface area contributed by atoms with E-state index in [1.165, 1.54) is 7.11 Å². The van der Waals surface area contributed by atoms with E-state index < -0.39 is 11.6 Å². The fraction of sp³-hybridized carbons (Fsp3) is 0.250. The molecule has 0 aliphatic heterocycles. The molecule has 0 aliphatic rings. The smallest absolute Gasteiger partial charge is 0.165 e. The zero-order valence-electron chi connectivity index (χ0n) is 10.1. The number of imidazole rings is 1. The Bertz CT molecular complexity index is 611. The molecule has 0 unspecified atom stereocenters. The zero-order valence-corrected chi connectivity index (χ0v) is 11.7. The molecule has 0 fully saturated rings. The first-order chi connectivity index (χ1) is 8.45. The highest BCUT2D eigenvalue weighted by Gasteiger charge is 2.18. The average molecular weight is 317 g/mol. The summed E-state index contributed by atoms with van der Waals surface area (Å²) in [5.74, 6) is -0.588. The van der Waals surface area contributed by atoms with Crippen LogP contribution in [0.3, 0.4) is 0 Å². The first-order valence-corrected chi connectivity index (χ1v) is 5.97. The minimum absolute atomic E-state index is 0.119. The van der Waals surface area contributed by atoms with Crippen molar-refractivity contribution in [3.63, 3.8) is 0 Å². The molecule has 0 spiro atoms. The van der Waals surface area contributed by atoms with Crippen LogP contribution in [0.1, 0.15) is 5.82 Å². The Morgan fingerprint density at radius 1 is 1.28 bits per heavy atom. The van der Waals surface area contributed by atoms with Gasteiger partial charge in [-0.3, -0.25) is 0 Å². The highest BCUT2D eigenvalue weighted by molar-refractivity contribution is 9.10. The van der Waals surface area contributed by atoms with E-state index in [1.807, 2.05) is 0 Å². The molecule has 6 heteroatoms. The molecule has 1 aromatic carbocycles. The molecule has 0 amide bonds. The van der Waals surface area contributed by atoms with Gasteiger partial charge in [0.2, 0.25) is 0 Å². The van der Waals surface area contributed by atoms with Gasteiger partial charge in [0, 0.05) is 18.7 Å². The van der Waals surface area contributed by atoms with Gasteiger partial charge in [-0.05, 0) is 28.9 Å². The maximum absolute atomic E-state index is 14.0. The number of halogens is 3. The maximum Gasteiger partial charge on any atom is 0.165 e. The third-order valence-electron chi connectivity index (χ3n) is 2.77. The molecule has 0 atom stereocenters. The maximum atomic E-state index is 14.0. The van der Waals surface area contributed by atoms with E-state index in [0.717, 1.165) is 12.1 Å². The second-order valence-corrected chi connectivity index (χ2v) is 4.58. The fourth-order valence-electron chi connectivity index (χ4n) is 1.73. The van der Waals surface area contributed by atoms with Gasteiger partial charge in [0.05, 0.1) is 12.8 Å². The molecule has 96 valence electrons. The predicted molar refractivity (Wildman–Crippen MR) is 67.5 cm³/mol. The van der Waals surface area contributed by atoms with Crippen LogP contribution in [0.15, 0.2) is 16.7 Å². The molecule has 2 rings (SSSR count). The molecule has 0 radical (unpaired) electrons. The van der Waals surface area contributed by atoms with Crippen molar-refractivity contribution in [2.75, 3.05) is 7.11 Å². The van der Waals surface area contributed by atoms with Gasteiger partial charge in [-0.1, -0.05) is 0 Å². The molecule has 0 N–H and O–H groups in total. The second kappa shape index (κ2) is 4.68. The Morgan fingerprint density at radius 3 is 2.44 bits per heavy atom. The third-order valence-corrected chi connectivity index (χ3v) is 3.33. The van der Waals surface area contributed by atoms with E-state index in [1.54, 1.807) is 18.5 Å². The van der Waals surface area contributed by atoms with Crippen molar-refractivity contribution >= 4 is 15.9 Å². The number of aromatic nitrogens is 2. The zero-order chi connectivity index (χ0) is 13.4. The Kier molecular flexibility index (Phi) is 3.38. The summed E-state index contributed by atoms with van der Waals surface area (Å²) >= 11 is 3.25. The molecule has 0 bridgehead atoms. The SMILES string of the molecule is COc1cc(F)c(-c2c(Br)nc(C)n2C)cc1F. The fourth-order valence-corrected chi connectivity index (χ4v) is 2.46. The summed E-state index contributed by atoms with van der Waals surface area (Å²) in [5.41, 5.74) is 0.634. The van der Waals surface area contributed by atoms with Crippen molar-refractivity contribution in [1.29, 1.82) is 0 Å². The topological polar surface area (TPSA) is 27.1 Å². The van der Waals surface area contributed by atoms with E-state index in [-0.39, 0.29) is 11.3 Å². The minimum atomic E-state index is -0.611. The van der Waals surface area contributed by atoms with E-state index >= 15 is 0 Å². The normalized spacial score (nSPS) is 10.8. The van der Waals surface area contributed by atoms with E-state index in [4.69, 9.17) is 4.74 Å². The number of rotatable bonds is 2. The number of benzene rings is 1. The van der Waals surface area contributed by atoms with Gasteiger partial charge < -0.3 is 9.30 Å². The first-order valence-electron chi connectivity index (χ1n) is 5.18. The van der Waals surface area contributed by atoms with Crippen LogP contribution in [0, 0.1) is 18.6 Å². The van der Waals surface area contributed by atoms with Crippen LogP contribution >= 0.6 is 15.9 Å². The summed E-state index contributed by atoms with van der Waals surface area (Å²) in [6.07, 6.45) is 0. The van der Waals surface area contributed by atoms with Crippen molar-refractivity contribution in [3.8, 4) is 17.0 Å². The standard InChI is InChI=1S/C12H11BrF2N2O/c1-6-16-12(13)11(17(6)2)7-4-9(15)10(18-3)5-8(7)14/h4-5H,1-3H3. The van der Waals surface area contributed by atoms with Gasteiger partial charge in [0.1, 0.15) is 16.2 Å². The number of ether oxygens (including phenoxy) is 1.